The second-order valence-corrected chi connectivity index (χ2v) is 3.81. The van der Waals surface area contributed by atoms with E-state index in [1.54, 1.807) is 0 Å². The first-order chi connectivity index (χ1) is 6.36. The maximum atomic E-state index is 11.6. The molecule has 0 aromatic carbocycles. The fourth-order valence-corrected chi connectivity index (χ4v) is 1.54. The first kappa shape index (κ1) is 11.6. The molecule has 2 amide bonds. The molecule has 14 heavy (non-hydrogen) atoms. The topological polar surface area (TPSA) is 44.4 Å². The van der Waals surface area contributed by atoms with Gasteiger partial charge in [-0.2, -0.15) is 0 Å². The lowest BCUT2D eigenvalue weighted by Crippen LogP contribution is -2.42. The molecule has 1 heterocycles. The van der Waals surface area contributed by atoms with Crippen molar-refractivity contribution in [1.29, 1.82) is 0 Å². The van der Waals surface area contributed by atoms with Crippen molar-refractivity contribution in [1.82, 2.24) is 15.5 Å². The summed E-state index contributed by atoms with van der Waals surface area (Å²) in [5.41, 5.74) is 0. The Labute approximate surface area is 90.8 Å². The van der Waals surface area contributed by atoms with Gasteiger partial charge in [0.05, 0.1) is 0 Å². The molecule has 0 aromatic rings. The summed E-state index contributed by atoms with van der Waals surface area (Å²) in [6.07, 6.45) is 3.40. The SMILES string of the molecule is Cl.O=C(NC1CC1)N1CCCNCC1. The van der Waals surface area contributed by atoms with E-state index in [0.717, 1.165) is 45.4 Å². The van der Waals surface area contributed by atoms with Crippen LogP contribution in [0.4, 0.5) is 4.79 Å². The van der Waals surface area contributed by atoms with E-state index < -0.39 is 0 Å². The standard InChI is InChI=1S/C9H17N3O.ClH/c13-9(11-8-2-3-8)12-6-1-4-10-5-7-12;/h8,10H,1-7H2,(H,11,13);1H. The largest absolute Gasteiger partial charge is 0.335 e. The Morgan fingerprint density at radius 1 is 1.29 bits per heavy atom. The molecule has 1 saturated heterocycles. The molecule has 0 unspecified atom stereocenters. The molecule has 2 fully saturated rings. The van der Waals surface area contributed by atoms with Crippen molar-refractivity contribution >= 4 is 18.4 Å². The van der Waals surface area contributed by atoms with E-state index in [-0.39, 0.29) is 18.4 Å². The number of carbonyl (C=O) groups is 1. The summed E-state index contributed by atoms with van der Waals surface area (Å²) in [6, 6.07) is 0.606. The molecule has 0 spiro atoms. The highest BCUT2D eigenvalue weighted by molar-refractivity contribution is 5.85. The van der Waals surface area contributed by atoms with Crippen molar-refractivity contribution < 1.29 is 4.79 Å². The number of hydrogen-bond acceptors (Lipinski definition) is 2. The Morgan fingerprint density at radius 3 is 2.79 bits per heavy atom. The van der Waals surface area contributed by atoms with Gasteiger partial charge in [0, 0.05) is 25.7 Å². The number of hydrogen-bond donors (Lipinski definition) is 2. The predicted octanol–water partition coefficient (Wildman–Crippen LogP) is 0.575. The van der Waals surface area contributed by atoms with E-state index in [1.165, 1.54) is 0 Å². The summed E-state index contributed by atoms with van der Waals surface area (Å²) in [4.78, 5) is 13.5. The van der Waals surface area contributed by atoms with Gasteiger partial charge in [0.2, 0.25) is 0 Å². The number of carbonyl (C=O) groups excluding carboxylic acids is 1. The van der Waals surface area contributed by atoms with Crippen LogP contribution in [0.2, 0.25) is 0 Å². The minimum Gasteiger partial charge on any atom is -0.335 e. The molecular weight excluding hydrogens is 202 g/mol. The molecule has 2 rings (SSSR count). The van der Waals surface area contributed by atoms with Crippen LogP contribution in [0, 0.1) is 0 Å². The number of nitrogens with one attached hydrogen (secondary N) is 2. The molecule has 0 bridgehead atoms. The zero-order valence-corrected chi connectivity index (χ0v) is 9.11. The number of rotatable bonds is 1. The van der Waals surface area contributed by atoms with Gasteiger partial charge in [0.1, 0.15) is 0 Å². The average Bonchev–Trinajstić information content (AvgIpc) is 2.87. The van der Waals surface area contributed by atoms with Crippen LogP contribution in [-0.4, -0.2) is 43.2 Å². The fourth-order valence-electron chi connectivity index (χ4n) is 1.54. The second-order valence-electron chi connectivity index (χ2n) is 3.81. The molecule has 5 heteroatoms. The smallest absolute Gasteiger partial charge is 0.317 e. The Kier molecular flexibility index (Phi) is 4.48. The van der Waals surface area contributed by atoms with Crippen LogP contribution >= 0.6 is 12.4 Å². The third-order valence-corrected chi connectivity index (χ3v) is 2.53. The van der Waals surface area contributed by atoms with Crippen LogP contribution in [0.25, 0.3) is 0 Å². The van der Waals surface area contributed by atoms with Crippen LogP contribution < -0.4 is 10.6 Å². The van der Waals surface area contributed by atoms with Crippen molar-refractivity contribution in [2.24, 2.45) is 0 Å². The van der Waals surface area contributed by atoms with Gasteiger partial charge in [0.25, 0.3) is 0 Å². The van der Waals surface area contributed by atoms with Crippen LogP contribution in [0.5, 0.6) is 0 Å². The molecule has 2 N–H and O–H groups in total. The predicted molar refractivity (Wildman–Crippen MR) is 57.9 cm³/mol. The van der Waals surface area contributed by atoms with E-state index in [4.69, 9.17) is 0 Å². The maximum Gasteiger partial charge on any atom is 0.317 e. The van der Waals surface area contributed by atoms with Crippen molar-refractivity contribution in [2.75, 3.05) is 26.2 Å². The quantitative estimate of drug-likeness (QED) is 0.678. The molecule has 82 valence electrons. The lowest BCUT2D eigenvalue weighted by Gasteiger charge is -2.20. The zero-order chi connectivity index (χ0) is 9.10. The summed E-state index contributed by atoms with van der Waals surface area (Å²) in [6.45, 7) is 3.70. The summed E-state index contributed by atoms with van der Waals surface area (Å²) >= 11 is 0. The first-order valence-electron chi connectivity index (χ1n) is 5.12. The van der Waals surface area contributed by atoms with Crippen molar-refractivity contribution in [3.8, 4) is 0 Å². The highest BCUT2D eigenvalue weighted by atomic mass is 35.5. The van der Waals surface area contributed by atoms with Crippen molar-refractivity contribution in [3.63, 3.8) is 0 Å². The third kappa shape index (κ3) is 3.35. The van der Waals surface area contributed by atoms with E-state index in [9.17, 15) is 4.79 Å². The molecule has 4 nitrogen and oxygen atoms in total. The summed E-state index contributed by atoms with van der Waals surface area (Å²) in [5.74, 6) is 0. The van der Waals surface area contributed by atoms with Gasteiger partial charge < -0.3 is 15.5 Å². The molecule has 0 aromatic heterocycles. The average molecular weight is 220 g/mol. The Morgan fingerprint density at radius 2 is 2.07 bits per heavy atom. The van der Waals surface area contributed by atoms with Crippen LogP contribution in [-0.2, 0) is 0 Å². The minimum atomic E-state index is 0. The van der Waals surface area contributed by atoms with Crippen molar-refractivity contribution in [2.45, 2.75) is 25.3 Å². The monoisotopic (exact) mass is 219 g/mol. The van der Waals surface area contributed by atoms with E-state index in [1.807, 2.05) is 4.90 Å². The highest BCUT2D eigenvalue weighted by Crippen LogP contribution is 2.18. The lowest BCUT2D eigenvalue weighted by atomic mass is 10.4. The van der Waals surface area contributed by atoms with Gasteiger partial charge >= 0.3 is 6.03 Å². The molecule has 0 radical (unpaired) electrons. The van der Waals surface area contributed by atoms with E-state index in [2.05, 4.69) is 10.6 Å². The van der Waals surface area contributed by atoms with Gasteiger partial charge in [-0.05, 0) is 25.8 Å². The second kappa shape index (κ2) is 5.41. The lowest BCUT2D eigenvalue weighted by molar-refractivity contribution is 0.201. The summed E-state index contributed by atoms with van der Waals surface area (Å²) < 4.78 is 0. The van der Waals surface area contributed by atoms with Gasteiger partial charge in [-0.15, -0.1) is 12.4 Å². The molecule has 0 atom stereocenters. The molecule has 2 aliphatic rings. The first-order valence-corrected chi connectivity index (χ1v) is 5.12. The van der Waals surface area contributed by atoms with Gasteiger partial charge in [-0.25, -0.2) is 4.79 Å². The van der Waals surface area contributed by atoms with E-state index >= 15 is 0 Å². The minimum absolute atomic E-state index is 0. The third-order valence-electron chi connectivity index (χ3n) is 2.53. The van der Waals surface area contributed by atoms with Gasteiger partial charge in [-0.1, -0.05) is 0 Å². The Hall–Kier alpha value is -0.480. The number of urea groups is 1. The Balaban J connectivity index is 0.000000980. The zero-order valence-electron chi connectivity index (χ0n) is 8.29. The maximum absolute atomic E-state index is 11.6. The number of nitrogens with zero attached hydrogens (tertiary/aromatic N) is 1. The Bertz CT molecular complexity index is 188. The van der Waals surface area contributed by atoms with Crippen molar-refractivity contribution in [3.05, 3.63) is 0 Å². The van der Waals surface area contributed by atoms with Crippen LogP contribution in [0.1, 0.15) is 19.3 Å². The van der Waals surface area contributed by atoms with E-state index in [0.29, 0.717) is 6.04 Å². The van der Waals surface area contributed by atoms with Crippen LogP contribution in [0.15, 0.2) is 0 Å². The highest BCUT2D eigenvalue weighted by Gasteiger charge is 2.25. The van der Waals surface area contributed by atoms with Gasteiger partial charge in [0.15, 0.2) is 0 Å². The summed E-state index contributed by atoms with van der Waals surface area (Å²) in [5, 5.41) is 6.29. The fraction of sp³-hybridized carbons (Fsp3) is 0.889. The number of halogens is 1. The van der Waals surface area contributed by atoms with Crippen LogP contribution in [0.3, 0.4) is 0 Å². The number of amides is 2. The normalized spacial score (nSPS) is 22.1. The van der Waals surface area contributed by atoms with Gasteiger partial charge in [-0.3, -0.25) is 0 Å². The molecule has 1 saturated carbocycles. The molecular formula is C9H18ClN3O. The molecule has 1 aliphatic heterocycles. The molecule has 1 aliphatic carbocycles. The summed E-state index contributed by atoms with van der Waals surface area (Å²) in [7, 11) is 0.